The number of halogens is 2. The fourth-order valence-corrected chi connectivity index (χ4v) is 1.61. The van der Waals surface area contributed by atoms with Crippen molar-refractivity contribution in [3.8, 4) is 0 Å². The largest absolute Gasteiger partial charge is 0.426 e. The van der Waals surface area contributed by atoms with Crippen molar-refractivity contribution in [2.45, 2.75) is 0 Å². The molecule has 5 heteroatoms. The Morgan fingerprint density at radius 2 is 2.25 bits per heavy atom. The molecule has 0 aliphatic carbocycles. The fourth-order valence-electron chi connectivity index (χ4n) is 0.985. The summed E-state index contributed by atoms with van der Waals surface area (Å²) in [4.78, 5) is 2.90. The first-order chi connectivity index (χ1) is 5.66. The van der Waals surface area contributed by atoms with Crippen LogP contribution in [0.1, 0.15) is 0 Å². The van der Waals surface area contributed by atoms with Crippen molar-refractivity contribution in [1.82, 2.24) is 4.98 Å². The Kier molecular flexibility index (Phi) is 1.77. The maximum Gasteiger partial charge on any atom is 0.267 e. The lowest BCUT2D eigenvalue weighted by molar-refractivity contribution is 0.542. The van der Waals surface area contributed by atoms with Crippen LogP contribution in [-0.4, -0.2) is 4.98 Å². The minimum absolute atomic E-state index is 0.170. The van der Waals surface area contributed by atoms with E-state index < -0.39 is 5.82 Å². The van der Waals surface area contributed by atoms with Crippen LogP contribution in [0.2, 0.25) is 0 Å². The molecule has 0 aliphatic rings. The van der Waals surface area contributed by atoms with Gasteiger partial charge in [-0.2, -0.15) is 0 Å². The third-order valence-electron chi connectivity index (χ3n) is 1.44. The molecular weight excluding hydrogens is 245 g/mol. The number of benzene rings is 1. The molecule has 0 fully saturated rings. The lowest BCUT2D eigenvalue weighted by Crippen LogP contribution is -1.75. The van der Waals surface area contributed by atoms with Gasteiger partial charge in [0.25, 0.3) is 4.84 Å². The molecule has 0 aliphatic heterocycles. The molecule has 1 N–H and O–H groups in total. The molecule has 2 nitrogen and oxygen atoms in total. The summed E-state index contributed by atoms with van der Waals surface area (Å²) >= 11 is 7.87. The van der Waals surface area contributed by atoms with Crippen LogP contribution in [-0.2, 0) is 0 Å². The molecule has 0 unspecified atom stereocenters. The number of oxazole rings is 1. The third kappa shape index (κ3) is 1.19. The number of rotatable bonds is 0. The van der Waals surface area contributed by atoms with Crippen molar-refractivity contribution < 1.29 is 8.81 Å². The first-order valence-electron chi connectivity index (χ1n) is 3.15. The van der Waals surface area contributed by atoms with Crippen molar-refractivity contribution in [1.29, 1.82) is 0 Å². The van der Waals surface area contributed by atoms with Crippen LogP contribution < -0.4 is 0 Å². The molecule has 1 aromatic heterocycles. The molecule has 0 bridgehead atoms. The molecule has 12 heavy (non-hydrogen) atoms. The van der Waals surface area contributed by atoms with Gasteiger partial charge in [-0.05, 0) is 24.4 Å². The van der Waals surface area contributed by atoms with Gasteiger partial charge in [0.15, 0.2) is 11.4 Å². The van der Waals surface area contributed by atoms with Crippen molar-refractivity contribution in [3.05, 3.63) is 27.3 Å². The van der Waals surface area contributed by atoms with E-state index in [1.807, 2.05) is 0 Å². The zero-order valence-corrected chi connectivity index (χ0v) is 8.13. The SMILES string of the molecule is Fc1cc(Br)cc2[nH]c(=S)oc12. The molecule has 0 spiro atoms. The molecule has 2 rings (SSSR count). The molecule has 0 saturated heterocycles. The van der Waals surface area contributed by atoms with Crippen molar-refractivity contribution >= 4 is 39.2 Å². The Morgan fingerprint density at radius 1 is 1.50 bits per heavy atom. The number of hydrogen-bond donors (Lipinski definition) is 1. The van der Waals surface area contributed by atoms with E-state index in [2.05, 4.69) is 20.9 Å². The van der Waals surface area contributed by atoms with Crippen LogP contribution in [0.15, 0.2) is 21.0 Å². The van der Waals surface area contributed by atoms with Crippen LogP contribution in [0.4, 0.5) is 4.39 Å². The highest BCUT2D eigenvalue weighted by Gasteiger charge is 2.06. The fraction of sp³-hybridized carbons (Fsp3) is 0. The molecule has 1 heterocycles. The molecule has 62 valence electrons. The topological polar surface area (TPSA) is 28.9 Å². The van der Waals surface area contributed by atoms with Gasteiger partial charge in [-0.25, -0.2) is 4.39 Å². The summed E-state index contributed by atoms with van der Waals surface area (Å²) in [5, 5.41) is 0. The smallest absolute Gasteiger partial charge is 0.267 e. The molecule has 1 aromatic carbocycles. The van der Waals surface area contributed by atoms with Gasteiger partial charge in [0, 0.05) is 4.47 Å². The summed E-state index contributed by atoms with van der Waals surface area (Å²) < 4.78 is 18.6. The van der Waals surface area contributed by atoms with Crippen LogP contribution >= 0.6 is 28.1 Å². The Balaban J connectivity index is 2.97. The highest BCUT2D eigenvalue weighted by atomic mass is 79.9. The second-order valence-corrected chi connectivity index (χ2v) is 3.57. The highest BCUT2D eigenvalue weighted by Crippen LogP contribution is 2.22. The number of fused-ring (bicyclic) bond motifs is 1. The van der Waals surface area contributed by atoms with E-state index in [0.29, 0.717) is 9.99 Å². The number of aromatic nitrogens is 1. The zero-order valence-electron chi connectivity index (χ0n) is 5.73. The van der Waals surface area contributed by atoms with E-state index in [1.54, 1.807) is 6.07 Å². The average molecular weight is 248 g/mol. The monoisotopic (exact) mass is 247 g/mol. The van der Waals surface area contributed by atoms with Gasteiger partial charge < -0.3 is 9.40 Å². The van der Waals surface area contributed by atoms with Crippen LogP contribution in [0.3, 0.4) is 0 Å². The summed E-state index contributed by atoms with van der Waals surface area (Å²) in [7, 11) is 0. The van der Waals surface area contributed by atoms with E-state index in [0.717, 1.165) is 0 Å². The predicted molar refractivity (Wildman–Crippen MR) is 49.1 cm³/mol. The van der Waals surface area contributed by atoms with E-state index in [1.165, 1.54) is 6.07 Å². The average Bonchev–Trinajstić information content (AvgIpc) is 2.29. The van der Waals surface area contributed by atoms with E-state index in [4.69, 9.17) is 16.6 Å². The van der Waals surface area contributed by atoms with E-state index >= 15 is 0 Å². The third-order valence-corrected chi connectivity index (χ3v) is 2.08. The van der Waals surface area contributed by atoms with Crippen molar-refractivity contribution in [2.24, 2.45) is 0 Å². The van der Waals surface area contributed by atoms with Gasteiger partial charge in [0.05, 0.1) is 5.52 Å². The number of aromatic amines is 1. The lowest BCUT2D eigenvalue weighted by Gasteiger charge is -1.90. The normalized spacial score (nSPS) is 10.8. The van der Waals surface area contributed by atoms with Crippen LogP contribution in [0, 0.1) is 10.7 Å². The standard InChI is InChI=1S/C7H3BrFNOS/c8-3-1-4(9)6-5(2-3)10-7(12)11-6/h1-2H,(H,10,12). The summed E-state index contributed by atoms with van der Waals surface area (Å²) in [6.45, 7) is 0. The molecule has 0 saturated carbocycles. The van der Waals surface area contributed by atoms with Crippen molar-refractivity contribution in [2.75, 3.05) is 0 Å². The molecule has 0 amide bonds. The van der Waals surface area contributed by atoms with Gasteiger partial charge in [0.2, 0.25) is 0 Å². The zero-order chi connectivity index (χ0) is 8.72. The summed E-state index contributed by atoms with van der Waals surface area (Å²) in [6.07, 6.45) is 0. The summed E-state index contributed by atoms with van der Waals surface area (Å²) in [6, 6.07) is 3.03. The first-order valence-corrected chi connectivity index (χ1v) is 4.35. The molecule has 0 radical (unpaired) electrons. The second kappa shape index (κ2) is 2.67. The maximum atomic E-state index is 13.1. The van der Waals surface area contributed by atoms with Gasteiger partial charge in [-0.3, -0.25) is 0 Å². The Morgan fingerprint density at radius 3 is 3.00 bits per heavy atom. The summed E-state index contributed by atoms with van der Waals surface area (Å²) in [5.41, 5.74) is 0.732. The second-order valence-electron chi connectivity index (χ2n) is 2.28. The van der Waals surface area contributed by atoms with E-state index in [-0.39, 0.29) is 10.4 Å². The lowest BCUT2D eigenvalue weighted by atomic mass is 10.3. The Labute approximate surface area is 80.5 Å². The minimum atomic E-state index is -0.424. The van der Waals surface area contributed by atoms with Crippen LogP contribution in [0.5, 0.6) is 0 Å². The van der Waals surface area contributed by atoms with Crippen LogP contribution in [0.25, 0.3) is 11.1 Å². The van der Waals surface area contributed by atoms with Gasteiger partial charge in [-0.1, -0.05) is 15.9 Å². The number of H-pyrrole nitrogens is 1. The van der Waals surface area contributed by atoms with Gasteiger partial charge in [-0.15, -0.1) is 0 Å². The maximum absolute atomic E-state index is 13.1. The highest BCUT2D eigenvalue weighted by molar-refractivity contribution is 9.10. The van der Waals surface area contributed by atoms with Gasteiger partial charge >= 0.3 is 0 Å². The molecule has 2 aromatic rings. The first kappa shape index (κ1) is 7.94. The summed E-state index contributed by atoms with van der Waals surface area (Å²) in [5.74, 6) is -0.424. The Hall–Kier alpha value is -0.680. The molecule has 0 atom stereocenters. The quantitative estimate of drug-likeness (QED) is 0.724. The van der Waals surface area contributed by atoms with Gasteiger partial charge in [0.1, 0.15) is 0 Å². The number of hydrogen-bond acceptors (Lipinski definition) is 2. The predicted octanol–water partition coefficient (Wildman–Crippen LogP) is 3.39. The minimum Gasteiger partial charge on any atom is -0.426 e. The van der Waals surface area contributed by atoms with Crippen molar-refractivity contribution in [3.63, 3.8) is 0 Å². The Bertz CT molecular complexity index is 490. The van der Waals surface area contributed by atoms with E-state index in [9.17, 15) is 4.39 Å². The number of nitrogens with one attached hydrogen (secondary N) is 1. The molecular formula is C7H3BrFNOS.